The van der Waals surface area contributed by atoms with Gasteiger partial charge in [-0.05, 0) is 38.7 Å². The Hall–Kier alpha value is -1.69. The van der Waals surface area contributed by atoms with E-state index in [4.69, 9.17) is 5.73 Å². The van der Waals surface area contributed by atoms with Gasteiger partial charge in [-0.3, -0.25) is 4.79 Å². The lowest BCUT2D eigenvalue weighted by Gasteiger charge is -2.36. The molecule has 0 aromatic carbocycles. The number of anilines is 1. The number of nitrogens with two attached hydrogens (primary N) is 1. The molecule has 1 aliphatic rings. The number of aryl methyl sites for hydroxylation is 2. The summed E-state index contributed by atoms with van der Waals surface area (Å²) in [4.78, 5) is 24.8. The van der Waals surface area contributed by atoms with Crippen LogP contribution in [0.3, 0.4) is 0 Å². The fourth-order valence-corrected chi connectivity index (χ4v) is 4.10. The number of carbonyl (C=O) groups excluding carboxylic acids is 1. The zero-order valence-corrected chi connectivity index (χ0v) is 13.2. The van der Waals surface area contributed by atoms with Crippen LogP contribution in [-0.4, -0.2) is 28.5 Å². The van der Waals surface area contributed by atoms with Crippen molar-refractivity contribution >= 4 is 33.3 Å². The number of fused-ring (bicyclic) bond motifs is 1. The Morgan fingerprint density at radius 1 is 1.43 bits per heavy atom. The molecule has 0 aliphatic carbocycles. The smallest absolute Gasteiger partial charge is 0.219 e. The highest BCUT2D eigenvalue weighted by atomic mass is 32.1. The Bertz CT molecular complexity index is 682. The Balaban J connectivity index is 2.07. The van der Waals surface area contributed by atoms with Gasteiger partial charge in [-0.25, -0.2) is 9.97 Å². The first-order valence-electron chi connectivity index (χ1n) is 7.33. The fraction of sp³-hybridized carbons (Fsp3) is 0.533. The molecule has 0 radical (unpaired) electrons. The summed E-state index contributed by atoms with van der Waals surface area (Å²) in [5.41, 5.74) is 6.66. The number of rotatable bonds is 3. The highest BCUT2D eigenvalue weighted by Gasteiger charge is 2.27. The monoisotopic (exact) mass is 304 g/mol. The Kier molecular flexibility index (Phi) is 3.80. The molecule has 112 valence electrons. The third kappa shape index (κ3) is 2.60. The van der Waals surface area contributed by atoms with Gasteiger partial charge in [-0.1, -0.05) is 0 Å². The number of piperidine rings is 1. The van der Waals surface area contributed by atoms with Crippen LogP contribution in [0.25, 0.3) is 10.2 Å². The minimum absolute atomic E-state index is 0.161. The van der Waals surface area contributed by atoms with Gasteiger partial charge < -0.3 is 10.6 Å². The summed E-state index contributed by atoms with van der Waals surface area (Å²) in [6, 6.07) is 0.161. The summed E-state index contributed by atoms with van der Waals surface area (Å²) < 4.78 is 0. The minimum Gasteiger partial charge on any atom is -0.370 e. The van der Waals surface area contributed by atoms with E-state index in [1.807, 2.05) is 0 Å². The Labute approximate surface area is 128 Å². The molecule has 1 atom stereocenters. The molecular formula is C15H20N4OS. The van der Waals surface area contributed by atoms with Gasteiger partial charge in [0, 0.05) is 23.9 Å². The van der Waals surface area contributed by atoms with E-state index in [1.54, 1.807) is 17.7 Å². The first kappa shape index (κ1) is 14.3. The average molecular weight is 304 g/mol. The molecule has 6 heteroatoms. The van der Waals surface area contributed by atoms with E-state index in [1.165, 1.54) is 10.4 Å². The average Bonchev–Trinajstić information content (AvgIpc) is 2.74. The molecule has 1 fully saturated rings. The zero-order valence-electron chi connectivity index (χ0n) is 12.4. The maximum atomic E-state index is 11.3. The molecule has 0 spiro atoms. The lowest BCUT2D eigenvalue weighted by molar-refractivity contribution is -0.118. The molecule has 0 saturated carbocycles. The van der Waals surface area contributed by atoms with Gasteiger partial charge >= 0.3 is 0 Å². The van der Waals surface area contributed by atoms with Gasteiger partial charge in [0.25, 0.3) is 0 Å². The molecule has 0 bridgehead atoms. The topological polar surface area (TPSA) is 72.1 Å². The third-order valence-corrected chi connectivity index (χ3v) is 5.40. The van der Waals surface area contributed by atoms with E-state index in [9.17, 15) is 4.79 Å². The first-order chi connectivity index (χ1) is 10.1. The van der Waals surface area contributed by atoms with Crippen molar-refractivity contribution in [2.24, 2.45) is 5.73 Å². The second-order valence-corrected chi connectivity index (χ2v) is 6.88. The highest BCUT2D eigenvalue weighted by molar-refractivity contribution is 7.18. The van der Waals surface area contributed by atoms with Crippen LogP contribution in [0.15, 0.2) is 6.33 Å². The van der Waals surface area contributed by atoms with Gasteiger partial charge in [0.05, 0.1) is 5.39 Å². The van der Waals surface area contributed by atoms with E-state index in [-0.39, 0.29) is 11.9 Å². The number of nitrogens with zero attached hydrogens (tertiary/aromatic N) is 3. The van der Waals surface area contributed by atoms with Crippen LogP contribution in [0.1, 0.15) is 36.1 Å². The molecule has 2 aromatic rings. The summed E-state index contributed by atoms with van der Waals surface area (Å²) in [6.45, 7) is 5.16. The predicted octanol–water partition coefficient (Wildman–Crippen LogP) is 2.54. The summed E-state index contributed by atoms with van der Waals surface area (Å²) in [6.07, 6.45) is 5.29. The van der Waals surface area contributed by atoms with Crippen LogP contribution in [0.2, 0.25) is 0 Å². The first-order valence-corrected chi connectivity index (χ1v) is 8.15. The molecule has 1 aliphatic heterocycles. The van der Waals surface area contributed by atoms with Crippen LogP contribution >= 0.6 is 11.3 Å². The minimum atomic E-state index is -0.240. The lowest BCUT2D eigenvalue weighted by Crippen LogP contribution is -2.42. The fourth-order valence-electron chi connectivity index (χ4n) is 3.11. The van der Waals surface area contributed by atoms with Gasteiger partial charge in [-0.15, -0.1) is 11.3 Å². The van der Waals surface area contributed by atoms with Crippen molar-refractivity contribution < 1.29 is 4.79 Å². The van der Waals surface area contributed by atoms with Gasteiger partial charge in [0.2, 0.25) is 5.91 Å². The summed E-state index contributed by atoms with van der Waals surface area (Å²) in [5.74, 6) is 0.725. The van der Waals surface area contributed by atoms with Crippen molar-refractivity contribution in [1.29, 1.82) is 0 Å². The summed E-state index contributed by atoms with van der Waals surface area (Å²) >= 11 is 1.70. The SMILES string of the molecule is Cc1sc2ncnc(N3CCCC[C@H]3CC(N)=O)c2c1C. The van der Waals surface area contributed by atoms with Crippen molar-refractivity contribution in [3.05, 3.63) is 16.8 Å². The predicted molar refractivity (Wildman–Crippen MR) is 85.7 cm³/mol. The number of carbonyl (C=O) groups is 1. The summed E-state index contributed by atoms with van der Waals surface area (Å²) in [7, 11) is 0. The van der Waals surface area contributed by atoms with Crippen molar-refractivity contribution in [2.45, 2.75) is 45.6 Å². The van der Waals surface area contributed by atoms with E-state index in [0.29, 0.717) is 6.42 Å². The molecule has 2 aromatic heterocycles. The molecule has 2 N–H and O–H groups in total. The molecule has 3 heterocycles. The molecule has 1 amide bonds. The molecule has 21 heavy (non-hydrogen) atoms. The quantitative estimate of drug-likeness (QED) is 0.946. The molecule has 0 unspecified atom stereocenters. The largest absolute Gasteiger partial charge is 0.370 e. The van der Waals surface area contributed by atoms with Gasteiger partial charge in [-0.2, -0.15) is 0 Å². The van der Waals surface area contributed by atoms with Crippen LogP contribution < -0.4 is 10.6 Å². The van der Waals surface area contributed by atoms with E-state index in [0.717, 1.165) is 41.8 Å². The van der Waals surface area contributed by atoms with Crippen LogP contribution in [0.5, 0.6) is 0 Å². The van der Waals surface area contributed by atoms with Crippen molar-refractivity contribution in [1.82, 2.24) is 9.97 Å². The number of primary amides is 1. The van der Waals surface area contributed by atoms with Crippen LogP contribution in [-0.2, 0) is 4.79 Å². The maximum Gasteiger partial charge on any atom is 0.219 e. The van der Waals surface area contributed by atoms with Crippen molar-refractivity contribution in [3.8, 4) is 0 Å². The number of hydrogen-bond donors (Lipinski definition) is 1. The zero-order chi connectivity index (χ0) is 15.0. The van der Waals surface area contributed by atoms with Crippen LogP contribution in [0.4, 0.5) is 5.82 Å². The maximum absolute atomic E-state index is 11.3. The van der Waals surface area contributed by atoms with Gasteiger partial charge in [0.1, 0.15) is 17.0 Å². The molecule has 5 nitrogen and oxygen atoms in total. The lowest BCUT2D eigenvalue weighted by atomic mass is 9.98. The summed E-state index contributed by atoms with van der Waals surface area (Å²) in [5, 5.41) is 1.14. The normalized spacial score (nSPS) is 19.1. The second kappa shape index (κ2) is 5.60. The van der Waals surface area contributed by atoms with Crippen molar-refractivity contribution in [3.63, 3.8) is 0 Å². The third-order valence-electron chi connectivity index (χ3n) is 4.28. The van der Waals surface area contributed by atoms with Crippen molar-refractivity contribution in [2.75, 3.05) is 11.4 Å². The standard InChI is InChI=1S/C15H20N4OS/c1-9-10(2)21-15-13(9)14(17-8-18-15)19-6-4-3-5-11(19)7-12(16)20/h8,11H,3-7H2,1-2H3,(H2,16,20)/t11-/m0/s1. The molecular weight excluding hydrogens is 284 g/mol. The number of hydrogen-bond acceptors (Lipinski definition) is 5. The second-order valence-electron chi connectivity index (χ2n) is 5.67. The molecule has 3 rings (SSSR count). The Morgan fingerprint density at radius 3 is 3.00 bits per heavy atom. The number of amides is 1. The van der Waals surface area contributed by atoms with E-state index >= 15 is 0 Å². The highest BCUT2D eigenvalue weighted by Crippen LogP contribution is 2.36. The molecule has 1 saturated heterocycles. The van der Waals surface area contributed by atoms with E-state index in [2.05, 4.69) is 28.7 Å². The van der Waals surface area contributed by atoms with Crippen LogP contribution in [0, 0.1) is 13.8 Å². The Morgan fingerprint density at radius 2 is 2.24 bits per heavy atom. The number of thiophene rings is 1. The van der Waals surface area contributed by atoms with Gasteiger partial charge in [0.15, 0.2) is 0 Å². The van der Waals surface area contributed by atoms with E-state index < -0.39 is 0 Å². The number of aromatic nitrogens is 2.